The summed E-state index contributed by atoms with van der Waals surface area (Å²) in [4.78, 5) is 20.2. The first kappa shape index (κ1) is 15.1. The van der Waals surface area contributed by atoms with Crippen molar-refractivity contribution in [2.24, 2.45) is 17.8 Å². The van der Waals surface area contributed by atoms with Crippen molar-refractivity contribution in [1.82, 2.24) is 9.97 Å². The van der Waals surface area contributed by atoms with Gasteiger partial charge in [-0.2, -0.15) is 0 Å². The zero-order valence-electron chi connectivity index (χ0n) is 14.3. The lowest BCUT2D eigenvalue weighted by molar-refractivity contribution is -0.00518. The van der Waals surface area contributed by atoms with E-state index in [2.05, 4.69) is 27.4 Å². The highest BCUT2D eigenvalue weighted by molar-refractivity contribution is 6.02. The molecule has 1 aromatic heterocycles. The highest BCUT2D eigenvalue weighted by atomic mass is 16.1. The van der Waals surface area contributed by atoms with E-state index < -0.39 is 0 Å². The number of hydrogen-bond acceptors (Lipinski definition) is 3. The van der Waals surface area contributed by atoms with Crippen LogP contribution in [0.4, 0.5) is 5.69 Å². The second-order valence-corrected chi connectivity index (χ2v) is 8.32. The van der Waals surface area contributed by atoms with Gasteiger partial charge in [-0.1, -0.05) is 12.1 Å². The number of rotatable bonds is 3. The van der Waals surface area contributed by atoms with Crippen LogP contribution >= 0.6 is 0 Å². The van der Waals surface area contributed by atoms with Gasteiger partial charge in [0, 0.05) is 18.1 Å². The van der Waals surface area contributed by atoms with Crippen LogP contribution in [-0.4, -0.2) is 15.9 Å². The summed E-state index contributed by atoms with van der Waals surface area (Å²) in [5.74, 6) is 2.63. The van der Waals surface area contributed by atoms with Gasteiger partial charge < -0.3 is 5.32 Å². The molecule has 0 radical (unpaired) electrons. The van der Waals surface area contributed by atoms with Crippen LogP contribution in [0.1, 0.15) is 54.6 Å². The Balaban J connectivity index is 1.35. The molecule has 25 heavy (non-hydrogen) atoms. The maximum atomic E-state index is 12.2. The minimum atomic E-state index is -0.212. The zero-order valence-corrected chi connectivity index (χ0v) is 14.3. The number of carbonyl (C=O) groups is 1. The number of benzene rings is 1. The van der Waals surface area contributed by atoms with Crippen molar-refractivity contribution in [2.45, 2.75) is 43.9 Å². The third-order valence-electron chi connectivity index (χ3n) is 6.59. The maximum absolute atomic E-state index is 12.2. The summed E-state index contributed by atoms with van der Waals surface area (Å²) in [5.41, 5.74) is 3.04. The second-order valence-electron chi connectivity index (χ2n) is 8.32. The number of nitrogens with one attached hydrogen (secondary N) is 1. The van der Waals surface area contributed by atoms with E-state index in [0.717, 1.165) is 23.4 Å². The molecule has 4 heteroatoms. The molecule has 0 spiro atoms. The molecule has 0 aliphatic heterocycles. The number of nitrogens with zero attached hydrogens (tertiary/aromatic N) is 2. The Morgan fingerprint density at radius 2 is 1.60 bits per heavy atom. The summed E-state index contributed by atoms with van der Waals surface area (Å²) in [6.07, 6.45) is 13.1. The smallest absolute Gasteiger partial charge is 0.275 e. The molecule has 4 saturated carbocycles. The van der Waals surface area contributed by atoms with Crippen molar-refractivity contribution >= 4 is 11.6 Å². The number of aromatic nitrogens is 2. The Morgan fingerprint density at radius 3 is 2.16 bits per heavy atom. The van der Waals surface area contributed by atoms with Crippen LogP contribution in [0, 0.1) is 17.8 Å². The number of carbonyl (C=O) groups excluding carboxylic acids is 1. The highest BCUT2D eigenvalue weighted by Crippen LogP contribution is 2.60. The van der Waals surface area contributed by atoms with Gasteiger partial charge >= 0.3 is 0 Å². The Labute approximate surface area is 148 Å². The molecule has 1 amide bonds. The first-order chi connectivity index (χ1) is 12.2. The zero-order chi connectivity index (χ0) is 16.9. The van der Waals surface area contributed by atoms with Crippen LogP contribution in [0.3, 0.4) is 0 Å². The molecule has 2 aromatic rings. The summed E-state index contributed by atoms with van der Waals surface area (Å²) in [6, 6.07) is 8.56. The monoisotopic (exact) mass is 333 g/mol. The molecule has 1 heterocycles. The van der Waals surface area contributed by atoms with Gasteiger partial charge in [-0.3, -0.25) is 9.78 Å². The fraction of sp³-hybridized carbons (Fsp3) is 0.476. The molecule has 4 aliphatic carbocycles. The lowest BCUT2D eigenvalue weighted by atomic mass is 9.48. The molecule has 4 aliphatic rings. The normalized spacial score (nSPS) is 32.6. The number of hydrogen-bond donors (Lipinski definition) is 1. The van der Waals surface area contributed by atoms with Crippen LogP contribution in [-0.2, 0) is 5.41 Å². The van der Waals surface area contributed by atoms with Crippen LogP contribution < -0.4 is 5.32 Å². The Morgan fingerprint density at radius 1 is 0.960 bits per heavy atom. The van der Waals surface area contributed by atoms with Crippen molar-refractivity contribution in [1.29, 1.82) is 0 Å². The summed E-state index contributed by atoms with van der Waals surface area (Å²) in [6.45, 7) is 0. The van der Waals surface area contributed by atoms with Gasteiger partial charge in [-0.15, -0.1) is 0 Å². The first-order valence-electron chi connectivity index (χ1n) is 9.38. The van der Waals surface area contributed by atoms with Crippen molar-refractivity contribution in [2.75, 3.05) is 5.32 Å². The van der Waals surface area contributed by atoms with E-state index in [-0.39, 0.29) is 5.91 Å². The van der Waals surface area contributed by atoms with Crippen molar-refractivity contribution in [3.8, 4) is 0 Å². The van der Waals surface area contributed by atoms with Crippen LogP contribution in [0.15, 0.2) is 42.9 Å². The van der Waals surface area contributed by atoms with E-state index >= 15 is 0 Å². The number of anilines is 1. The molecule has 0 unspecified atom stereocenters. The quantitative estimate of drug-likeness (QED) is 0.916. The van der Waals surface area contributed by atoms with Crippen molar-refractivity contribution in [3.05, 3.63) is 54.1 Å². The van der Waals surface area contributed by atoms with Crippen LogP contribution in [0.2, 0.25) is 0 Å². The predicted octanol–water partition coefficient (Wildman–Crippen LogP) is 4.20. The number of amides is 1. The van der Waals surface area contributed by atoms with E-state index in [1.165, 1.54) is 56.5 Å². The Hall–Kier alpha value is -2.23. The van der Waals surface area contributed by atoms with Gasteiger partial charge in [0.25, 0.3) is 5.91 Å². The van der Waals surface area contributed by atoms with E-state index in [1.54, 1.807) is 6.20 Å². The van der Waals surface area contributed by atoms with Gasteiger partial charge in [0.2, 0.25) is 0 Å². The van der Waals surface area contributed by atoms with E-state index in [4.69, 9.17) is 0 Å². The van der Waals surface area contributed by atoms with Gasteiger partial charge in [-0.05, 0) is 79.4 Å². The van der Waals surface area contributed by atoms with E-state index in [1.807, 2.05) is 12.1 Å². The summed E-state index contributed by atoms with van der Waals surface area (Å²) in [7, 11) is 0. The SMILES string of the molecule is O=C(Nc1ccc(C23CC4CC(CC(C4)C2)C3)cc1)c1cnccn1. The molecule has 128 valence electrons. The maximum Gasteiger partial charge on any atom is 0.275 e. The lowest BCUT2D eigenvalue weighted by Gasteiger charge is -2.57. The summed E-state index contributed by atoms with van der Waals surface area (Å²) >= 11 is 0. The minimum absolute atomic E-state index is 0.212. The standard InChI is InChI=1S/C21H23N3O/c25-20(19-13-22-5-6-23-19)24-18-3-1-17(2-4-18)21-10-14-7-15(11-21)9-16(8-14)12-21/h1-6,13-16H,7-12H2,(H,24,25). The topological polar surface area (TPSA) is 54.9 Å². The van der Waals surface area contributed by atoms with Crippen LogP contribution in [0.25, 0.3) is 0 Å². The largest absolute Gasteiger partial charge is 0.321 e. The van der Waals surface area contributed by atoms with Crippen LogP contribution in [0.5, 0.6) is 0 Å². The lowest BCUT2D eigenvalue weighted by Crippen LogP contribution is -2.48. The predicted molar refractivity (Wildman–Crippen MR) is 96.3 cm³/mol. The molecule has 0 saturated heterocycles. The Bertz CT molecular complexity index is 749. The van der Waals surface area contributed by atoms with Gasteiger partial charge in [-0.25, -0.2) is 4.98 Å². The molecule has 6 rings (SSSR count). The molecule has 1 aromatic carbocycles. The molecular formula is C21H23N3O. The molecular weight excluding hydrogens is 310 g/mol. The average Bonchev–Trinajstić information content (AvgIpc) is 2.62. The van der Waals surface area contributed by atoms with Crippen molar-refractivity contribution < 1.29 is 4.79 Å². The second kappa shape index (κ2) is 5.65. The minimum Gasteiger partial charge on any atom is -0.321 e. The summed E-state index contributed by atoms with van der Waals surface area (Å²) in [5, 5.41) is 2.92. The molecule has 1 N–H and O–H groups in total. The third-order valence-corrected chi connectivity index (χ3v) is 6.59. The van der Waals surface area contributed by atoms with E-state index in [0.29, 0.717) is 11.1 Å². The van der Waals surface area contributed by atoms with Gasteiger partial charge in [0.05, 0.1) is 6.20 Å². The fourth-order valence-electron chi connectivity index (χ4n) is 5.98. The molecule has 4 fully saturated rings. The fourth-order valence-corrected chi connectivity index (χ4v) is 5.98. The molecule has 4 nitrogen and oxygen atoms in total. The first-order valence-corrected chi connectivity index (χ1v) is 9.38. The van der Waals surface area contributed by atoms with Crippen molar-refractivity contribution in [3.63, 3.8) is 0 Å². The van der Waals surface area contributed by atoms with Gasteiger partial charge in [0.1, 0.15) is 5.69 Å². The van der Waals surface area contributed by atoms with Gasteiger partial charge in [0.15, 0.2) is 0 Å². The Kier molecular flexibility index (Phi) is 3.40. The third kappa shape index (κ3) is 2.64. The summed E-state index contributed by atoms with van der Waals surface area (Å²) < 4.78 is 0. The highest BCUT2D eigenvalue weighted by Gasteiger charge is 2.51. The molecule has 4 bridgehead atoms. The van der Waals surface area contributed by atoms with E-state index in [9.17, 15) is 4.79 Å². The molecule has 0 atom stereocenters. The average molecular weight is 333 g/mol.